The molecule has 1 aromatic carbocycles. The summed E-state index contributed by atoms with van der Waals surface area (Å²) in [5.41, 5.74) is 1.64. The van der Waals surface area contributed by atoms with E-state index in [1.807, 2.05) is 12.1 Å². The van der Waals surface area contributed by atoms with Gasteiger partial charge in [0.05, 0.1) is 0 Å². The summed E-state index contributed by atoms with van der Waals surface area (Å²) >= 11 is 0. The van der Waals surface area contributed by atoms with Crippen molar-refractivity contribution in [3.05, 3.63) is 35.4 Å². The number of rotatable bonds is 2. The molecular weight excluding hydrogens is 198 g/mol. The molecule has 1 heterocycles. The van der Waals surface area contributed by atoms with E-state index in [0.717, 1.165) is 25.1 Å². The number of aliphatic hydroxyl groups is 1. The Morgan fingerprint density at radius 3 is 2.56 bits per heavy atom. The van der Waals surface area contributed by atoms with Crippen LogP contribution in [0.1, 0.15) is 31.4 Å². The smallest absolute Gasteiger partial charge is 0.104 e. The van der Waals surface area contributed by atoms with Gasteiger partial charge in [-0.25, -0.2) is 0 Å². The maximum absolute atomic E-state index is 10.7. The molecule has 0 aliphatic carbocycles. The second kappa shape index (κ2) is 4.19. The fourth-order valence-electron chi connectivity index (χ4n) is 2.58. The first-order valence-electron chi connectivity index (χ1n) is 6.05. The zero-order valence-electron chi connectivity index (χ0n) is 10.4. The van der Waals surface area contributed by atoms with E-state index in [-0.39, 0.29) is 0 Å². The van der Waals surface area contributed by atoms with Gasteiger partial charge in [-0.1, -0.05) is 24.3 Å². The van der Waals surface area contributed by atoms with Gasteiger partial charge in [0, 0.05) is 19.1 Å². The molecule has 2 rings (SSSR count). The first-order valence-corrected chi connectivity index (χ1v) is 6.05. The van der Waals surface area contributed by atoms with E-state index in [1.165, 1.54) is 5.56 Å². The lowest BCUT2D eigenvalue weighted by molar-refractivity contribution is 0.0419. The highest BCUT2D eigenvalue weighted by Gasteiger charge is 2.38. The second-order valence-electron chi connectivity index (χ2n) is 5.16. The first kappa shape index (κ1) is 11.6. The van der Waals surface area contributed by atoms with Crippen LogP contribution in [-0.2, 0) is 5.60 Å². The van der Waals surface area contributed by atoms with Crippen LogP contribution in [0.2, 0.25) is 0 Å². The van der Waals surface area contributed by atoms with E-state index < -0.39 is 5.60 Å². The Morgan fingerprint density at radius 2 is 2.00 bits per heavy atom. The monoisotopic (exact) mass is 219 g/mol. The number of β-amino-alcohol motifs (C(OH)–C–C–N with tert-alkyl or cyclic N) is 1. The molecule has 1 aliphatic rings. The van der Waals surface area contributed by atoms with Crippen LogP contribution >= 0.6 is 0 Å². The molecule has 1 N–H and O–H groups in total. The molecule has 2 heteroatoms. The quantitative estimate of drug-likeness (QED) is 0.825. The minimum atomic E-state index is -0.643. The van der Waals surface area contributed by atoms with Gasteiger partial charge in [-0.05, 0) is 38.3 Å². The summed E-state index contributed by atoms with van der Waals surface area (Å²) in [6, 6.07) is 8.68. The lowest BCUT2D eigenvalue weighted by Gasteiger charge is -2.27. The Morgan fingerprint density at radius 1 is 1.31 bits per heavy atom. The Hall–Kier alpha value is -0.860. The molecule has 0 aromatic heterocycles. The maximum Gasteiger partial charge on any atom is 0.104 e. The van der Waals surface area contributed by atoms with Gasteiger partial charge in [-0.15, -0.1) is 0 Å². The molecule has 88 valence electrons. The standard InChI is InChI=1S/C14H21NO/c1-11(2)15-9-8-14(16,10-15)13-7-5-4-6-12(13)3/h4-7,11,16H,8-10H2,1-3H3. The molecule has 0 bridgehead atoms. The van der Waals surface area contributed by atoms with Crippen molar-refractivity contribution >= 4 is 0 Å². The topological polar surface area (TPSA) is 23.5 Å². The van der Waals surface area contributed by atoms with Crippen molar-refractivity contribution in [2.24, 2.45) is 0 Å². The van der Waals surface area contributed by atoms with Gasteiger partial charge in [0.25, 0.3) is 0 Å². The van der Waals surface area contributed by atoms with E-state index in [0.29, 0.717) is 6.04 Å². The molecule has 1 atom stereocenters. The summed E-state index contributed by atoms with van der Waals surface area (Å²) in [6.45, 7) is 8.19. The molecular formula is C14H21NO. The third kappa shape index (κ3) is 2.00. The summed E-state index contributed by atoms with van der Waals surface area (Å²) in [5, 5.41) is 10.7. The number of hydrogen-bond acceptors (Lipinski definition) is 2. The highest BCUT2D eigenvalue weighted by Crippen LogP contribution is 2.34. The third-order valence-corrected chi connectivity index (χ3v) is 3.65. The molecule has 0 amide bonds. The second-order valence-corrected chi connectivity index (χ2v) is 5.16. The Balaban J connectivity index is 2.25. The number of benzene rings is 1. The average molecular weight is 219 g/mol. The average Bonchev–Trinajstić information content (AvgIpc) is 2.63. The molecule has 1 fully saturated rings. The van der Waals surface area contributed by atoms with Crippen molar-refractivity contribution in [3.8, 4) is 0 Å². The van der Waals surface area contributed by atoms with Crippen LogP contribution in [0.3, 0.4) is 0 Å². The Bertz CT molecular complexity index is 375. The minimum Gasteiger partial charge on any atom is -0.384 e. The molecule has 2 nitrogen and oxygen atoms in total. The zero-order valence-corrected chi connectivity index (χ0v) is 10.4. The Labute approximate surface area is 97.9 Å². The normalized spacial score (nSPS) is 26.6. The summed E-state index contributed by atoms with van der Waals surface area (Å²) in [6.07, 6.45) is 0.843. The van der Waals surface area contributed by atoms with Crippen LogP contribution in [-0.4, -0.2) is 29.1 Å². The largest absolute Gasteiger partial charge is 0.384 e. The highest BCUT2D eigenvalue weighted by molar-refractivity contribution is 5.32. The zero-order chi connectivity index (χ0) is 11.8. The number of hydrogen-bond donors (Lipinski definition) is 1. The lowest BCUT2D eigenvalue weighted by Crippen LogP contribution is -2.34. The van der Waals surface area contributed by atoms with E-state index in [9.17, 15) is 5.11 Å². The van der Waals surface area contributed by atoms with E-state index >= 15 is 0 Å². The van der Waals surface area contributed by atoms with Gasteiger partial charge >= 0.3 is 0 Å². The predicted octanol–water partition coefficient (Wildman–Crippen LogP) is 2.30. The predicted molar refractivity (Wildman–Crippen MR) is 66.4 cm³/mol. The number of aryl methyl sites for hydroxylation is 1. The Kier molecular flexibility index (Phi) is 3.04. The highest BCUT2D eigenvalue weighted by atomic mass is 16.3. The van der Waals surface area contributed by atoms with E-state index in [2.05, 4.69) is 37.8 Å². The van der Waals surface area contributed by atoms with Crippen molar-refractivity contribution in [2.75, 3.05) is 13.1 Å². The van der Waals surface area contributed by atoms with Gasteiger partial charge in [0.2, 0.25) is 0 Å². The summed E-state index contributed by atoms with van der Waals surface area (Å²) in [5.74, 6) is 0. The van der Waals surface area contributed by atoms with E-state index in [1.54, 1.807) is 0 Å². The van der Waals surface area contributed by atoms with Crippen molar-refractivity contribution < 1.29 is 5.11 Å². The van der Waals surface area contributed by atoms with Crippen LogP contribution in [0, 0.1) is 6.92 Å². The first-order chi connectivity index (χ1) is 7.53. The van der Waals surface area contributed by atoms with Crippen molar-refractivity contribution in [1.82, 2.24) is 4.90 Å². The molecule has 1 saturated heterocycles. The molecule has 0 radical (unpaired) electrons. The number of likely N-dealkylation sites (tertiary alicyclic amines) is 1. The minimum absolute atomic E-state index is 0.512. The molecule has 1 aromatic rings. The summed E-state index contributed by atoms with van der Waals surface area (Å²) in [4.78, 5) is 2.34. The molecule has 0 saturated carbocycles. The molecule has 1 unspecified atom stereocenters. The van der Waals surface area contributed by atoms with Crippen LogP contribution in [0.4, 0.5) is 0 Å². The van der Waals surface area contributed by atoms with Gasteiger partial charge in [-0.3, -0.25) is 4.90 Å². The summed E-state index contributed by atoms with van der Waals surface area (Å²) < 4.78 is 0. The van der Waals surface area contributed by atoms with Crippen LogP contribution in [0.15, 0.2) is 24.3 Å². The van der Waals surface area contributed by atoms with Crippen molar-refractivity contribution in [2.45, 2.75) is 38.8 Å². The maximum atomic E-state index is 10.7. The van der Waals surface area contributed by atoms with Crippen LogP contribution in [0.25, 0.3) is 0 Å². The van der Waals surface area contributed by atoms with Crippen molar-refractivity contribution in [1.29, 1.82) is 0 Å². The summed E-state index contributed by atoms with van der Waals surface area (Å²) in [7, 11) is 0. The third-order valence-electron chi connectivity index (χ3n) is 3.65. The van der Waals surface area contributed by atoms with Crippen LogP contribution < -0.4 is 0 Å². The molecule has 1 aliphatic heterocycles. The van der Waals surface area contributed by atoms with Gasteiger partial charge in [-0.2, -0.15) is 0 Å². The van der Waals surface area contributed by atoms with Gasteiger partial charge in [0.15, 0.2) is 0 Å². The SMILES string of the molecule is Cc1ccccc1C1(O)CCN(C(C)C)C1. The van der Waals surface area contributed by atoms with Gasteiger partial charge in [0.1, 0.15) is 5.60 Å². The van der Waals surface area contributed by atoms with E-state index in [4.69, 9.17) is 0 Å². The van der Waals surface area contributed by atoms with Crippen molar-refractivity contribution in [3.63, 3.8) is 0 Å². The lowest BCUT2D eigenvalue weighted by atomic mass is 9.89. The van der Waals surface area contributed by atoms with Gasteiger partial charge < -0.3 is 5.11 Å². The molecule has 0 spiro atoms. The molecule has 16 heavy (non-hydrogen) atoms. The fourth-order valence-corrected chi connectivity index (χ4v) is 2.58. The number of nitrogens with zero attached hydrogens (tertiary/aromatic N) is 1. The van der Waals surface area contributed by atoms with Crippen LogP contribution in [0.5, 0.6) is 0 Å². The fraction of sp³-hybridized carbons (Fsp3) is 0.571.